The van der Waals surface area contributed by atoms with Crippen LogP contribution in [0.25, 0.3) is 0 Å². The van der Waals surface area contributed by atoms with Crippen LogP contribution in [0, 0.1) is 12.7 Å². The molecular formula is C13H11Cl2FN2O2S. The van der Waals surface area contributed by atoms with Crippen LogP contribution >= 0.6 is 23.2 Å². The normalized spacial score (nSPS) is 11.4. The molecule has 112 valence electrons. The lowest BCUT2D eigenvalue weighted by atomic mass is 10.2. The Balaban J connectivity index is 2.48. The van der Waals surface area contributed by atoms with Gasteiger partial charge in [0.2, 0.25) is 0 Å². The van der Waals surface area contributed by atoms with Crippen molar-refractivity contribution in [3.8, 4) is 0 Å². The molecule has 0 aromatic heterocycles. The Bertz CT molecular complexity index is 767. The van der Waals surface area contributed by atoms with Crippen LogP contribution < -0.4 is 10.5 Å². The van der Waals surface area contributed by atoms with Gasteiger partial charge < -0.3 is 5.73 Å². The van der Waals surface area contributed by atoms with Gasteiger partial charge in [0.15, 0.2) is 0 Å². The van der Waals surface area contributed by atoms with Gasteiger partial charge in [-0.05, 0) is 42.8 Å². The molecule has 0 saturated carbocycles. The molecule has 0 saturated heterocycles. The minimum atomic E-state index is -4.06. The fourth-order valence-electron chi connectivity index (χ4n) is 1.84. The SMILES string of the molecule is Cc1cc(F)cc(NS(=O)(=O)c2c(Cl)cc(N)cc2Cl)c1. The Morgan fingerprint density at radius 1 is 1.10 bits per heavy atom. The number of rotatable bonds is 3. The van der Waals surface area contributed by atoms with Crippen LogP contribution in [0.1, 0.15) is 5.56 Å². The predicted octanol–water partition coefficient (Wildman–Crippen LogP) is 3.82. The quantitative estimate of drug-likeness (QED) is 0.828. The van der Waals surface area contributed by atoms with Crippen molar-refractivity contribution >= 4 is 44.6 Å². The highest BCUT2D eigenvalue weighted by Crippen LogP contribution is 2.33. The highest BCUT2D eigenvalue weighted by molar-refractivity contribution is 7.93. The highest BCUT2D eigenvalue weighted by Gasteiger charge is 2.22. The average molecular weight is 349 g/mol. The fourth-order valence-corrected chi connectivity index (χ4v) is 4.11. The zero-order valence-electron chi connectivity index (χ0n) is 10.8. The van der Waals surface area contributed by atoms with Crippen LogP contribution in [-0.4, -0.2) is 8.42 Å². The Hall–Kier alpha value is -1.50. The van der Waals surface area contributed by atoms with E-state index in [1.165, 1.54) is 24.3 Å². The predicted molar refractivity (Wildman–Crippen MR) is 82.8 cm³/mol. The first kappa shape index (κ1) is 15.9. The molecule has 0 heterocycles. The van der Waals surface area contributed by atoms with Crippen molar-refractivity contribution in [1.82, 2.24) is 0 Å². The molecule has 0 radical (unpaired) electrons. The zero-order chi connectivity index (χ0) is 15.8. The molecule has 0 fully saturated rings. The molecule has 2 aromatic rings. The smallest absolute Gasteiger partial charge is 0.264 e. The second-order valence-corrected chi connectivity index (χ2v) is 6.87. The van der Waals surface area contributed by atoms with Crippen molar-refractivity contribution < 1.29 is 12.8 Å². The van der Waals surface area contributed by atoms with Gasteiger partial charge in [-0.15, -0.1) is 0 Å². The van der Waals surface area contributed by atoms with Gasteiger partial charge in [0, 0.05) is 5.69 Å². The largest absolute Gasteiger partial charge is 0.399 e. The maximum Gasteiger partial charge on any atom is 0.264 e. The molecule has 0 aliphatic rings. The molecule has 0 bridgehead atoms. The minimum absolute atomic E-state index is 0.0801. The summed E-state index contributed by atoms with van der Waals surface area (Å²) in [5.74, 6) is -0.554. The molecule has 0 aliphatic carbocycles. The number of aryl methyl sites for hydroxylation is 1. The Morgan fingerprint density at radius 2 is 1.67 bits per heavy atom. The summed E-state index contributed by atoms with van der Waals surface area (Å²) < 4.78 is 40.2. The number of anilines is 2. The van der Waals surface area contributed by atoms with Crippen LogP contribution in [0.5, 0.6) is 0 Å². The number of benzene rings is 2. The third-order valence-corrected chi connectivity index (χ3v) is 4.89. The summed E-state index contributed by atoms with van der Waals surface area (Å²) in [6.45, 7) is 1.64. The molecule has 21 heavy (non-hydrogen) atoms. The van der Waals surface area contributed by atoms with Crippen molar-refractivity contribution in [2.24, 2.45) is 0 Å². The van der Waals surface area contributed by atoms with Gasteiger partial charge in [-0.2, -0.15) is 0 Å². The zero-order valence-corrected chi connectivity index (χ0v) is 13.2. The second-order valence-electron chi connectivity index (χ2n) is 4.44. The number of nitrogens with two attached hydrogens (primary N) is 1. The summed E-state index contributed by atoms with van der Waals surface area (Å²) in [6, 6.07) is 6.38. The third-order valence-electron chi connectivity index (χ3n) is 2.58. The molecule has 3 N–H and O–H groups in total. The first-order chi connectivity index (χ1) is 9.69. The number of sulfonamides is 1. The summed E-state index contributed by atoms with van der Waals surface area (Å²) in [5.41, 5.74) is 6.42. The lowest BCUT2D eigenvalue weighted by molar-refractivity contribution is 0.601. The van der Waals surface area contributed by atoms with Gasteiger partial charge in [0.1, 0.15) is 10.7 Å². The van der Waals surface area contributed by atoms with E-state index in [-0.39, 0.29) is 26.3 Å². The monoisotopic (exact) mass is 348 g/mol. The van der Waals surface area contributed by atoms with E-state index in [2.05, 4.69) is 4.72 Å². The van der Waals surface area contributed by atoms with E-state index in [4.69, 9.17) is 28.9 Å². The molecule has 0 amide bonds. The van der Waals surface area contributed by atoms with E-state index < -0.39 is 15.8 Å². The third kappa shape index (κ3) is 3.58. The van der Waals surface area contributed by atoms with Crippen molar-refractivity contribution in [2.75, 3.05) is 10.5 Å². The molecule has 0 unspecified atom stereocenters. The molecular weight excluding hydrogens is 338 g/mol. The first-order valence-corrected chi connectivity index (χ1v) is 7.97. The summed E-state index contributed by atoms with van der Waals surface area (Å²) in [7, 11) is -4.06. The number of hydrogen-bond acceptors (Lipinski definition) is 3. The first-order valence-electron chi connectivity index (χ1n) is 5.73. The number of nitrogen functional groups attached to an aromatic ring is 1. The van der Waals surface area contributed by atoms with Crippen molar-refractivity contribution in [1.29, 1.82) is 0 Å². The molecule has 2 aromatic carbocycles. The molecule has 0 spiro atoms. The van der Waals surface area contributed by atoms with E-state index in [9.17, 15) is 12.8 Å². The van der Waals surface area contributed by atoms with Gasteiger partial charge >= 0.3 is 0 Å². The van der Waals surface area contributed by atoms with Gasteiger partial charge in [0.05, 0.1) is 15.7 Å². The van der Waals surface area contributed by atoms with E-state index in [1.54, 1.807) is 6.92 Å². The maximum atomic E-state index is 13.3. The van der Waals surface area contributed by atoms with Crippen LogP contribution in [0.2, 0.25) is 10.0 Å². The Kier molecular flexibility index (Phi) is 4.32. The molecule has 2 rings (SSSR count). The van der Waals surface area contributed by atoms with Crippen LogP contribution in [-0.2, 0) is 10.0 Å². The molecule has 0 aliphatic heterocycles. The van der Waals surface area contributed by atoms with Crippen LogP contribution in [0.15, 0.2) is 35.2 Å². The van der Waals surface area contributed by atoms with Gasteiger partial charge in [0.25, 0.3) is 10.0 Å². The summed E-state index contributed by atoms with van der Waals surface area (Å²) in [4.78, 5) is -0.304. The minimum Gasteiger partial charge on any atom is -0.399 e. The summed E-state index contributed by atoms with van der Waals surface area (Å²) in [6.07, 6.45) is 0. The highest BCUT2D eigenvalue weighted by atomic mass is 35.5. The molecule has 0 atom stereocenters. The van der Waals surface area contributed by atoms with Gasteiger partial charge in [-0.3, -0.25) is 4.72 Å². The lowest BCUT2D eigenvalue weighted by Gasteiger charge is -2.12. The maximum absolute atomic E-state index is 13.3. The van der Waals surface area contributed by atoms with Crippen LogP contribution in [0.3, 0.4) is 0 Å². The van der Waals surface area contributed by atoms with E-state index in [0.717, 1.165) is 6.07 Å². The standard InChI is InChI=1S/C13H11Cl2FN2O2S/c1-7-2-8(16)4-10(3-7)18-21(19,20)13-11(14)5-9(17)6-12(13)15/h2-6,18H,17H2,1H3. The number of hydrogen-bond donors (Lipinski definition) is 2. The van der Waals surface area contributed by atoms with Gasteiger partial charge in [-0.25, -0.2) is 12.8 Å². The average Bonchev–Trinajstić information content (AvgIpc) is 2.23. The van der Waals surface area contributed by atoms with E-state index in [0.29, 0.717) is 5.56 Å². The Morgan fingerprint density at radius 3 is 2.19 bits per heavy atom. The Labute approximate surface area is 131 Å². The molecule has 8 heteroatoms. The summed E-state index contributed by atoms with van der Waals surface area (Å²) in [5, 5.41) is -0.221. The van der Waals surface area contributed by atoms with Gasteiger partial charge in [-0.1, -0.05) is 23.2 Å². The van der Waals surface area contributed by atoms with Crippen molar-refractivity contribution in [3.05, 3.63) is 51.8 Å². The van der Waals surface area contributed by atoms with E-state index >= 15 is 0 Å². The number of nitrogens with one attached hydrogen (secondary N) is 1. The molecule has 4 nitrogen and oxygen atoms in total. The summed E-state index contributed by atoms with van der Waals surface area (Å²) >= 11 is 11.8. The fraction of sp³-hybridized carbons (Fsp3) is 0.0769. The topological polar surface area (TPSA) is 72.2 Å². The lowest BCUT2D eigenvalue weighted by Crippen LogP contribution is -2.14. The number of halogens is 3. The van der Waals surface area contributed by atoms with E-state index in [1.807, 2.05) is 0 Å². The van der Waals surface area contributed by atoms with Crippen molar-refractivity contribution in [3.63, 3.8) is 0 Å². The van der Waals surface area contributed by atoms with Crippen LogP contribution in [0.4, 0.5) is 15.8 Å². The van der Waals surface area contributed by atoms with Crippen molar-refractivity contribution in [2.45, 2.75) is 11.8 Å². The second kappa shape index (κ2) is 5.71.